The first-order valence-corrected chi connectivity index (χ1v) is 6.05. The molecule has 1 aromatic heterocycles. The molecule has 0 spiro atoms. The highest BCUT2D eigenvalue weighted by Crippen LogP contribution is 2.31. The lowest BCUT2D eigenvalue weighted by atomic mass is 10.0. The molecule has 0 saturated heterocycles. The van der Waals surface area contributed by atoms with Gasteiger partial charge >= 0.3 is 0 Å². The number of aromatic nitrogens is 1. The van der Waals surface area contributed by atoms with Crippen LogP contribution in [0.3, 0.4) is 0 Å². The minimum atomic E-state index is -0.155. The Morgan fingerprint density at radius 3 is 2.59 bits per heavy atom. The average molecular weight is 234 g/mol. The number of halogens is 1. The Hall–Kier alpha value is -1.35. The van der Waals surface area contributed by atoms with Gasteiger partial charge in [0.2, 0.25) is 0 Å². The van der Waals surface area contributed by atoms with Gasteiger partial charge in [-0.1, -0.05) is 13.0 Å². The highest BCUT2D eigenvalue weighted by Gasteiger charge is 2.17. The van der Waals surface area contributed by atoms with E-state index in [1.807, 2.05) is 19.2 Å². The van der Waals surface area contributed by atoms with Crippen LogP contribution in [0.2, 0.25) is 0 Å². The summed E-state index contributed by atoms with van der Waals surface area (Å²) in [5, 5.41) is 0.721. The number of hydrogen-bond acceptors (Lipinski definition) is 1. The van der Waals surface area contributed by atoms with E-state index in [4.69, 9.17) is 5.73 Å². The predicted octanol–water partition coefficient (Wildman–Crippen LogP) is 3.42. The molecule has 0 bridgehead atoms. The zero-order valence-corrected chi connectivity index (χ0v) is 10.6. The molecule has 1 heterocycles. The fraction of sp³-hybridized carbons (Fsp3) is 0.429. The van der Waals surface area contributed by atoms with Gasteiger partial charge in [0.25, 0.3) is 0 Å². The standard InChI is InChI=1S/C14H19FN2/c1-9(2)17-8-11(10(3)7-16)14-12(15)5-4-6-13(14)17/h4-6,8-10H,7,16H2,1-3H3. The van der Waals surface area contributed by atoms with E-state index in [-0.39, 0.29) is 11.7 Å². The normalized spacial score (nSPS) is 13.5. The van der Waals surface area contributed by atoms with Crippen molar-refractivity contribution >= 4 is 10.9 Å². The smallest absolute Gasteiger partial charge is 0.132 e. The Bertz CT molecular complexity index is 528. The van der Waals surface area contributed by atoms with Gasteiger partial charge in [0, 0.05) is 17.6 Å². The molecule has 1 aromatic carbocycles. The van der Waals surface area contributed by atoms with Crippen molar-refractivity contribution in [2.24, 2.45) is 5.73 Å². The van der Waals surface area contributed by atoms with Crippen LogP contribution in [-0.4, -0.2) is 11.1 Å². The van der Waals surface area contributed by atoms with Crippen molar-refractivity contribution in [1.29, 1.82) is 0 Å². The molecule has 0 aliphatic rings. The second kappa shape index (κ2) is 4.49. The molecule has 2 aromatic rings. The zero-order chi connectivity index (χ0) is 12.6. The molecule has 0 fully saturated rings. The highest BCUT2D eigenvalue weighted by atomic mass is 19.1. The van der Waals surface area contributed by atoms with Crippen molar-refractivity contribution in [3.8, 4) is 0 Å². The van der Waals surface area contributed by atoms with Crippen LogP contribution in [0.25, 0.3) is 10.9 Å². The van der Waals surface area contributed by atoms with Crippen LogP contribution in [0.1, 0.15) is 38.3 Å². The quantitative estimate of drug-likeness (QED) is 0.866. The molecule has 0 aliphatic carbocycles. The van der Waals surface area contributed by atoms with Crippen LogP contribution >= 0.6 is 0 Å². The van der Waals surface area contributed by atoms with Crippen LogP contribution < -0.4 is 5.73 Å². The van der Waals surface area contributed by atoms with Gasteiger partial charge in [-0.2, -0.15) is 0 Å². The molecular formula is C14H19FN2. The fourth-order valence-electron chi connectivity index (χ4n) is 2.23. The van der Waals surface area contributed by atoms with Crippen molar-refractivity contribution < 1.29 is 4.39 Å². The number of rotatable bonds is 3. The molecule has 0 saturated carbocycles. The maximum absolute atomic E-state index is 14.0. The number of nitrogens with two attached hydrogens (primary N) is 1. The number of benzene rings is 1. The lowest BCUT2D eigenvalue weighted by Crippen LogP contribution is -2.08. The minimum Gasteiger partial charge on any atom is -0.345 e. The molecule has 17 heavy (non-hydrogen) atoms. The molecule has 2 N–H and O–H groups in total. The van der Waals surface area contributed by atoms with Crippen molar-refractivity contribution in [2.75, 3.05) is 6.54 Å². The zero-order valence-electron chi connectivity index (χ0n) is 10.6. The van der Waals surface area contributed by atoms with Gasteiger partial charge in [0.1, 0.15) is 5.82 Å². The van der Waals surface area contributed by atoms with Crippen LogP contribution in [0.15, 0.2) is 24.4 Å². The summed E-state index contributed by atoms with van der Waals surface area (Å²) < 4.78 is 16.1. The van der Waals surface area contributed by atoms with Gasteiger partial charge in [-0.3, -0.25) is 0 Å². The third kappa shape index (κ3) is 1.95. The highest BCUT2D eigenvalue weighted by molar-refractivity contribution is 5.85. The summed E-state index contributed by atoms with van der Waals surface area (Å²) in [4.78, 5) is 0. The minimum absolute atomic E-state index is 0.155. The third-order valence-corrected chi connectivity index (χ3v) is 3.28. The van der Waals surface area contributed by atoms with Gasteiger partial charge in [-0.25, -0.2) is 4.39 Å². The van der Waals surface area contributed by atoms with E-state index in [0.29, 0.717) is 12.6 Å². The monoisotopic (exact) mass is 234 g/mol. The van der Waals surface area contributed by atoms with E-state index in [9.17, 15) is 4.39 Å². The third-order valence-electron chi connectivity index (χ3n) is 3.28. The molecule has 0 aliphatic heterocycles. The van der Waals surface area contributed by atoms with E-state index < -0.39 is 0 Å². The van der Waals surface area contributed by atoms with Crippen LogP contribution in [0.5, 0.6) is 0 Å². The molecule has 92 valence electrons. The second-order valence-electron chi connectivity index (χ2n) is 4.86. The van der Waals surface area contributed by atoms with Crippen LogP contribution in [-0.2, 0) is 0 Å². The molecule has 2 nitrogen and oxygen atoms in total. The van der Waals surface area contributed by atoms with E-state index in [1.165, 1.54) is 6.07 Å². The van der Waals surface area contributed by atoms with Gasteiger partial charge in [0.05, 0.1) is 5.52 Å². The fourth-order valence-corrected chi connectivity index (χ4v) is 2.23. The number of fused-ring (bicyclic) bond motifs is 1. The summed E-state index contributed by atoms with van der Waals surface area (Å²) in [6.07, 6.45) is 2.04. The molecule has 3 heteroatoms. The van der Waals surface area contributed by atoms with Gasteiger partial charge < -0.3 is 10.3 Å². The van der Waals surface area contributed by atoms with Gasteiger partial charge in [-0.05, 0) is 44.0 Å². The lowest BCUT2D eigenvalue weighted by molar-refractivity contribution is 0.617. The SMILES string of the molecule is CC(CN)c1cn(C(C)C)c2cccc(F)c12. The van der Waals surface area contributed by atoms with Gasteiger partial charge in [0.15, 0.2) is 0 Å². The van der Waals surface area contributed by atoms with Crippen molar-refractivity contribution in [3.05, 3.63) is 35.8 Å². The summed E-state index contributed by atoms with van der Waals surface area (Å²) in [5.74, 6) is 0.0200. The Kier molecular flexibility index (Phi) is 3.20. The predicted molar refractivity (Wildman–Crippen MR) is 69.8 cm³/mol. The second-order valence-corrected chi connectivity index (χ2v) is 4.86. The van der Waals surface area contributed by atoms with Crippen LogP contribution in [0.4, 0.5) is 4.39 Å². The van der Waals surface area contributed by atoms with E-state index >= 15 is 0 Å². The first-order valence-electron chi connectivity index (χ1n) is 6.05. The van der Waals surface area contributed by atoms with Crippen molar-refractivity contribution in [1.82, 2.24) is 4.57 Å². The van der Waals surface area contributed by atoms with E-state index in [0.717, 1.165) is 16.5 Å². The van der Waals surface area contributed by atoms with Crippen molar-refractivity contribution in [2.45, 2.75) is 32.7 Å². The molecule has 0 amide bonds. The summed E-state index contributed by atoms with van der Waals surface area (Å²) >= 11 is 0. The Balaban J connectivity index is 2.76. The van der Waals surface area contributed by atoms with E-state index in [1.54, 1.807) is 6.07 Å². The Morgan fingerprint density at radius 2 is 2.00 bits per heavy atom. The van der Waals surface area contributed by atoms with Crippen molar-refractivity contribution in [3.63, 3.8) is 0 Å². The molecular weight excluding hydrogens is 215 g/mol. The average Bonchev–Trinajstić information content (AvgIpc) is 2.69. The number of nitrogens with zero attached hydrogens (tertiary/aromatic N) is 1. The Morgan fingerprint density at radius 1 is 1.29 bits per heavy atom. The maximum atomic E-state index is 14.0. The van der Waals surface area contributed by atoms with Crippen LogP contribution in [0, 0.1) is 5.82 Å². The lowest BCUT2D eigenvalue weighted by Gasteiger charge is -2.08. The topological polar surface area (TPSA) is 30.9 Å². The summed E-state index contributed by atoms with van der Waals surface area (Å²) in [7, 11) is 0. The molecule has 1 unspecified atom stereocenters. The summed E-state index contributed by atoms with van der Waals surface area (Å²) in [5.41, 5.74) is 7.66. The largest absolute Gasteiger partial charge is 0.345 e. The maximum Gasteiger partial charge on any atom is 0.132 e. The summed E-state index contributed by atoms with van der Waals surface area (Å²) in [6, 6.07) is 5.55. The molecule has 2 rings (SSSR count). The summed E-state index contributed by atoms with van der Waals surface area (Å²) in [6.45, 7) is 6.76. The first-order chi connectivity index (χ1) is 8.06. The first kappa shape index (κ1) is 12.1. The molecule has 0 radical (unpaired) electrons. The Labute approximate surface area is 101 Å². The van der Waals surface area contributed by atoms with Gasteiger partial charge in [-0.15, -0.1) is 0 Å². The van der Waals surface area contributed by atoms with E-state index in [2.05, 4.69) is 18.4 Å². The molecule has 1 atom stereocenters. The number of hydrogen-bond donors (Lipinski definition) is 1.